The van der Waals surface area contributed by atoms with Crippen LogP contribution in [0.2, 0.25) is 0 Å². The molecule has 1 fully saturated rings. The fourth-order valence-corrected chi connectivity index (χ4v) is 3.53. The fraction of sp³-hybridized carbons (Fsp3) is 0.150. The number of likely N-dealkylation sites (N-methyl/N-ethyl adjacent to an activating group) is 1. The van der Waals surface area contributed by atoms with Gasteiger partial charge in [-0.1, -0.05) is 37.3 Å². The Bertz CT molecular complexity index is 917. The van der Waals surface area contributed by atoms with E-state index in [0.29, 0.717) is 10.1 Å². The summed E-state index contributed by atoms with van der Waals surface area (Å²) in [6.07, 6.45) is 2.62. The molecule has 0 saturated carbocycles. The van der Waals surface area contributed by atoms with Gasteiger partial charge in [0.25, 0.3) is 5.91 Å². The zero-order valence-electron chi connectivity index (χ0n) is 14.5. The van der Waals surface area contributed by atoms with E-state index >= 15 is 0 Å². The summed E-state index contributed by atoms with van der Waals surface area (Å²) >= 11 is 1.32. The summed E-state index contributed by atoms with van der Waals surface area (Å²) in [5, 5.41) is 9.59. The van der Waals surface area contributed by atoms with Crippen LogP contribution in [-0.4, -0.2) is 34.1 Å². The highest BCUT2D eigenvalue weighted by molar-refractivity contribution is 8.18. The van der Waals surface area contributed by atoms with Crippen molar-refractivity contribution >= 4 is 40.6 Å². The Labute approximate surface area is 156 Å². The minimum Gasteiger partial charge on any atom is -0.478 e. The Hall–Kier alpha value is -2.86. The molecule has 1 aliphatic heterocycles. The highest BCUT2D eigenvalue weighted by atomic mass is 32.2. The van der Waals surface area contributed by atoms with Crippen LogP contribution < -0.4 is 0 Å². The van der Waals surface area contributed by atoms with Crippen LogP contribution in [0.5, 0.6) is 0 Å². The normalized spacial score (nSPS) is 17.3. The molecule has 2 aromatic carbocycles. The summed E-state index contributed by atoms with van der Waals surface area (Å²) in [7, 11) is 1.71. The molecular weight excluding hydrogens is 348 g/mol. The van der Waals surface area contributed by atoms with Crippen molar-refractivity contribution in [3.05, 3.63) is 70.1 Å². The third-order valence-corrected chi connectivity index (χ3v) is 5.11. The number of nitrogens with zero attached hydrogens (tertiary/aromatic N) is 2. The van der Waals surface area contributed by atoms with Gasteiger partial charge in [-0.3, -0.25) is 9.69 Å². The number of carbonyl (C=O) groups excluding carboxylic acids is 1. The van der Waals surface area contributed by atoms with Crippen molar-refractivity contribution in [2.24, 2.45) is 4.99 Å². The number of carbonyl (C=O) groups is 2. The van der Waals surface area contributed by atoms with E-state index in [1.807, 2.05) is 24.3 Å². The molecule has 0 bridgehead atoms. The second kappa shape index (κ2) is 7.58. The highest BCUT2D eigenvalue weighted by Crippen LogP contribution is 2.33. The molecule has 1 amide bonds. The van der Waals surface area contributed by atoms with Crippen LogP contribution in [0.25, 0.3) is 6.08 Å². The molecule has 5 nitrogen and oxygen atoms in total. The van der Waals surface area contributed by atoms with Crippen LogP contribution in [-0.2, 0) is 11.2 Å². The number of aryl methyl sites for hydroxylation is 1. The summed E-state index contributed by atoms with van der Waals surface area (Å²) < 4.78 is 0. The van der Waals surface area contributed by atoms with Crippen LogP contribution in [0.1, 0.15) is 28.4 Å². The molecule has 26 heavy (non-hydrogen) atoms. The smallest absolute Gasteiger partial charge is 0.335 e. The third-order valence-electron chi connectivity index (χ3n) is 4.05. The fourth-order valence-electron chi connectivity index (χ4n) is 2.55. The zero-order valence-corrected chi connectivity index (χ0v) is 15.3. The van der Waals surface area contributed by atoms with Crippen LogP contribution in [0, 0.1) is 0 Å². The van der Waals surface area contributed by atoms with Gasteiger partial charge in [0.2, 0.25) is 0 Å². The molecule has 2 aromatic rings. The highest BCUT2D eigenvalue weighted by Gasteiger charge is 2.30. The topological polar surface area (TPSA) is 70.0 Å². The molecule has 1 N–H and O–H groups in total. The maximum Gasteiger partial charge on any atom is 0.335 e. The predicted octanol–water partition coefficient (Wildman–Crippen LogP) is 4.18. The summed E-state index contributed by atoms with van der Waals surface area (Å²) in [6.45, 7) is 2.07. The molecule has 0 spiro atoms. The van der Waals surface area contributed by atoms with Gasteiger partial charge in [0.05, 0.1) is 16.2 Å². The van der Waals surface area contributed by atoms with Crippen LogP contribution in [0.3, 0.4) is 0 Å². The zero-order chi connectivity index (χ0) is 18.7. The summed E-state index contributed by atoms with van der Waals surface area (Å²) in [5.41, 5.74) is 2.98. The molecule has 0 unspecified atom stereocenters. The number of amides is 1. The van der Waals surface area contributed by atoms with Crippen molar-refractivity contribution in [2.45, 2.75) is 13.3 Å². The molecule has 132 valence electrons. The average Bonchev–Trinajstić information content (AvgIpc) is 2.90. The quantitative estimate of drug-likeness (QED) is 0.824. The maximum atomic E-state index is 12.5. The van der Waals surface area contributed by atoms with E-state index in [9.17, 15) is 9.59 Å². The summed E-state index contributed by atoms with van der Waals surface area (Å²) in [5.74, 6) is -1.09. The van der Waals surface area contributed by atoms with Gasteiger partial charge in [0.1, 0.15) is 0 Å². The average molecular weight is 366 g/mol. The third kappa shape index (κ3) is 3.70. The second-order valence-corrected chi connectivity index (χ2v) is 6.79. The monoisotopic (exact) mass is 366 g/mol. The van der Waals surface area contributed by atoms with E-state index in [1.54, 1.807) is 25.3 Å². The Kier molecular flexibility index (Phi) is 5.23. The van der Waals surface area contributed by atoms with E-state index in [2.05, 4.69) is 11.9 Å². The summed E-state index contributed by atoms with van der Waals surface area (Å²) in [4.78, 5) is 30.2. The van der Waals surface area contributed by atoms with E-state index in [1.165, 1.54) is 28.8 Å². The lowest BCUT2D eigenvalue weighted by Gasteiger charge is -2.08. The molecule has 1 aliphatic rings. The van der Waals surface area contributed by atoms with Gasteiger partial charge in [-0.2, -0.15) is 0 Å². The van der Waals surface area contributed by atoms with Gasteiger partial charge in [0, 0.05) is 7.05 Å². The first-order valence-electron chi connectivity index (χ1n) is 8.17. The van der Waals surface area contributed by atoms with E-state index in [0.717, 1.165) is 23.2 Å². The number of thioether (sulfide) groups is 1. The van der Waals surface area contributed by atoms with E-state index < -0.39 is 5.97 Å². The Morgan fingerprint density at radius 1 is 1.19 bits per heavy atom. The SMILES string of the molecule is CCc1ccccc1N=C1S/C(=C/c2ccc(C(=O)O)cc2)C(=O)N1C. The molecule has 3 rings (SSSR count). The number of aliphatic imine (C=N–C) groups is 1. The predicted molar refractivity (Wildman–Crippen MR) is 105 cm³/mol. The van der Waals surface area contributed by atoms with Gasteiger partial charge in [-0.15, -0.1) is 0 Å². The first-order valence-corrected chi connectivity index (χ1v) is 8.98. The number of amidine groups is 1. The first kappa shape index (κ1) is 17.9. The van der Waals surface area contributed by atoms with Gasteiger partial charge < -0.3 is 5.11 Å². The molecule has 0 aromatic heterocycles. The van der Waals surface area contributed by atoms with Crippen molar-refractivity contribution in [1.29, 1.82) is 0 Å². The molecule has 1 saturated heterocycles. The number of benzene rings is 2. The Morgan fingerprint density at radius 3 is 2.54 bits per heavy atom. The number of hydrogen-bond acceptors (Lipinski definition) is 4. The van der Waals surface area contributed by atoms with Crippen molar-refractivity contribution in [3.8, 4) is 0 Å². The van der Waals surface area contributed by atoms with Gasteiger partial charge >= 0.3 is 5.97 Å². The van der Waals surface area contributed by atoms with Gasteiger partial charge in [0.15, 0.2) is 5.17 Å². The van der Waals surface area contributed by atoms with E-state index in [4.69, 9.17) is 5.11 Å². The maximum absolute atomic E-state index is 12.5. The lowest BCUT2D eigenvalue weighted by Crippen LogP contribution is -2.23. The number of hydrogen-bond donors (Lipinski definition) is 1. The van der Waals surface area contributed by atoms with Crippen molar-refractivity contribution < 1.29 is 14.7 Å². The Balaban J connectivity index is 1.88. The molecule has 0 radical (unpaired) electrons. The van der Waals surface area contributed by atoms with E-state index in [-0.39, 0.29) is 11.5 Å². The Morgan fingerprint density at radius 2 is 1.88 bits per heavy atom. The van der Waals surface area contributed by atoms with Crippen LogP contribution in [0.15, 0.2) is 58.4 Å². The van der Waals surface area contributed by atoms with Crippen molar-refractivity contribution in [1.82, 2.24) is 4.90 Å². The number of rotatable bonds is 4. The van der Waals surface area contributed by atoms with Gasteiger partial charge in [-0.05, 0) is 53.6 Å². The molecular formula is C20H18N2O3S. The van der Waals surface area contributed by atoms with Crippen LogP contribution >= 0.6 is 11.8 Å². The van der Waals surface area contributed by atoms with Crippen LogP contribution in [0.4, 0.5) is 5.69 Å². The standard InChI is InChI=1S/C20H18N2O3S/c1-3-14-6-4-5-7-16(14)21-20-22(2)18(23)17(26-20)12-13-8-10-15(11-9-13)19(24)25/h4-12H,3H2,1-2H3,(H,24,25)/b17-12+,21-20?. The lowest BCUT2D eigenvalue weighted by atomic mass is 10.1. The molecule has 6 heteroatoms. The lowest BCUT2D eigenvalue weighted by molar-refractivity contribution is -0.121. The largest absolute Gasteiger partial charge is 0.478 e. The molecule has 0 aliphatic carbocycles. The number of para-hydroxylation sites is 1. The minimum absolute atomic E-state index is 0.120. The van der Waals surface area contributed by atoms with Crippen molar-refractivity contribution in [2.75, 3.05) is 7.05 Å². The number of carboxylic acids is 1. The first-order chi connectivity index (χ1) is 12.5. The molecule has 1 heterocycles. The second-order valence-electron chi connectivity index (χ2n) is 5.78. The molecule has 0 atom stereocenters. The number of aromatic carboxylic acids is 1. The van der Waals surface area contributed by atoms with Gasteiger partial charge in [-0.25, -0.2) is 9.79 Å². The summed E-state index contributed by atoms with van der Waals surface area (Å²) in [6, 6.07) is 14.3. The number of carboxylic acid groups (broad SMARTS) is 1. The minimum atomic E-state index is -0.973. The van der Waals surface area contributed by atoms with Crippen molar-refractivity contribution in [3.63, 3.8) is 0 Å².